The Hall–Kier alpha value is -2.35. The number of carbonyl (C=O) groups is 1. The van der Waals surface area contributed by atoms with Gasteiger partial charge < -0.3 is 4.90 Å². The van der Waals surface area contributed by atoms with Crippen LogP contribution >= 0.6 is 0 Å². The Kier molecular flexibility index (Phi) is 3.81. The predicted molar refractivity (Wildman–Crippen MR) is 82.5 cm³/mol. The summed E-state index contributed by atoms with van der Waals surface area (Å²) in [6.45, 7) is 3.66. The molecule has 0 radical (unpaired) electrons. The number of nitrogens with zero attached hydrogens (tertiary/aromatic N) is 1. The van der Waals surface area contributed by atoms with Gasteiger partial charge in [0.2, 0.25) is 0 Å². The van der Waals surface area contributed by atoms with Crippen LogP contribution in [0.3, 0.4) is 0 Å². The summed E-state index contributed by atoms with van der Waals surface area (Å²) in [5.41, 5.74) is 2.73. The summed E-state index contributed by atoms with van der Waals surface area (Å²) in [6, 6.07) is 12.1. The molecule has 0 N–H and O–H groups in total. The van der Waals surface area contributed by atoms with Crippen molar-refractivity contribution in [1.29, 1.82) is 0 Å². The van der Waals surface area contributed by atoms with Gasteiger partial charge in [-0.3, -0.25) is 4.79 Å². The average molecular weight is 251 g/mol. The van der Waals surface area contributed by atoms with Gasteiger partial charge in [0.05, 0.1) is 0 Å². The summed E-state index contributed by atoms with van der Waals surface area (Å²) >= 11 is 0. The molecule has 2 rings (SSSR count). The zero-order chi connectivity index (χ0) is 13.8. The maximum absolute atomic E-state index is 11.2. The fourth-order valence-corrected chi connectivity index (χ4v) is 2.24. The van der Waals surface area contributed by atoms with Gasteiger partial charge in [-0.05, 0) is 17.0 Å². The van der Waals surface area contributed by atoms with E-state index >= 15 is 0 Å². The van der Waals surface area contributed by atoms with Crippen molar-refractivity contribution in [2.45, 2.75) is 0 Å². The minimum absolute atomic E-state index is 0.650. The summed E-state index contributed by atoms with van der Waals surface area (Å²) in [5, 5.41) is 2.22. The van der Waals surface area contributed by atoms with Gasteiger partial charge >= 0.3 is 0 Å². The van der Waals surface area contributed by atoms with Crippen molar-refractivity contribution < 1.29 is 4.79 Å². The lowest BCUT2D eigenvalue weighted by atomic mass is 9.97. The van der Waals surface area contributed by atoms with E-state index in [0.717, 1.165) is 28.3 Å². The zero-order valence-electron chi connectivity index (χ0n) is 11.3. The van der Waals surface area contributed by atoms with E-state index in [1.807, 2.05) is 44.4 Å². The van der Waals surface area contributed by atoms with E-state index in [1.165, 1.54) is 0 Å². The predicted octanol–water partition coefficient (Wildman–Crippen LogP) is 3.67. The van der Waals surface area contributed by atoms with Crippen molar-refractivity contribution in [3.8, 4) is 0 Å². The summed E-state index contributed by atoms with van der Waals surface area (Å²) in [4.78, 5) is 13.3. The van der Waals surface area contributed by atoms with E-state index < -0.39 is 0 Å². The molecule has 96 valence electrons. The zero-order valence-corrected chi connectivity index (χ0v) is 11.3. The van der Waals surface area contributed by atoms with Gasteiger partial charge in [0.15, 0.2) is 6.29 Å². The van der Waals surface area contributed by atoms with Crippen LogP contribution in [-0.2, 0) is 4.79 Å². The van der Waals surface area contributed by atoms with Crippen LogP contribution in [0, 0.1) is 0 Å². The first kappa shape index (κ1) is 13.1. The molecule has 2 nitrogen and oxygen atoms in total. The van der Waals surface area contributed by atoms with E-state index in [4.69, 9.17) is 0 Å². The van der Waals surface area contributed by atoms with Crippen LogP contribution in [0.1, 0.15) is 5.56 Å². The highest BCUT2D eigenvalue weighted by atomic mass is 16.1. The Balaban J connectivity index is 2.78. The Labute approximate surface area is 113 Å². The molecule has 0 aliphatic rings. The Morgan fingerprint density at radius 3 is 2.37 bits per heavy atom. The molecule has 0 atom stereocenters. The monoisotopic (exact) mass is 251 g/mol. The number of anilines is 1. The molecule has 0 aliphatic carbocycles. The summed E-state index contributed by atoms with van der Waals surface area (Å²) in [7, 11) is 4.03. The third-order valence-corrected chi connectivity index (χ3v) is 3.12. The first-order valence-corrected chi connectivity index (χ1v) is 6.16. The van der Waals surface area contributed by atoms with E-state index in [-0.39, 0.29) is 0 Å². The number of hydrogen-bond acceptors (Lipinski definition) is 2. The van der Waals surface area contributed by atoms with Crippen molar-refractivity contribution >= 4 is 28.3 Å². The molecular formula is C17H17NO. The number of rotatable bonds is 4. The molecular weight excluding hydrogens is 234 g/mol. The van der Waals surface area contributed by atoms with Gasteiger partial charge in [-0.1, -0.05) is 49.1 Å². The molecule has 2 aromatic rings. The molecule has 2 aromatic carbocycles. The Morgan fingerprint density at radius 1 is 1.11 bits per heavy atom. The molecule has 0 fully saturated rings. The molecule has 0 heterocycles. The third kappa shape index (κ3) is 2.43. The molecule has 0 bridgehead atoms. The molecule has 0 aliphatic heterocycles. The molecule has 0 aromatic heterocycles. The van der Waals surface area contributed by atoms with Gasteiger partial charge in [0.1, 0.15) is 0 Å². The van der Waals surface area contributed by atoms with Crippen molar-refractivity contribution in [3.63, 3.8) is 0 Å². The number of aldehydes is 1. The largest absolute Gasteiger partial charge is 0.377 e. The van der Waals surface area contributed by atoms with E-state index in [1.54, 1.807) is 12.2 Å². The highest BCUT2D eigenvalue weighted by Gasteiger charge is 2.09. The van der Waals surface area contributed by atoms with Crippen LogP contribution in [-0.4, -0.2) is 20.4 Å². The average Bonchev–Trinajstić information content (AvgIpc) is 2.43. The number of fused-ring (bicyclic) bond motifs is 1. The molecule has 0 amide bonds. The van der Waals surface area contributed by atoms with Gasteiger partial charge in [-0.25, -0.2) is 0 Å². The fourth-order valence-electron chi connectivity index (χ4n) is 2.24. The first-order chi connectivity index (χ1) is 9.19. The highest BCUT2D eigenvalue weighted by molar-refractivity contribution is 6.14. The summed E-state index contributed by atoms with van der Waals surface area (Å²) in [6.07, 6.45) is 4.25. The SMILES string of the molecule is C=CC=C(C=O)c1ccc(N(C)C)c2ccccc12. The topological polar surface area (TPSA) is 20.3 Å². The summed E-state index contributed by atoms with van der Waals surface area (Å²) in [5.74, 6) is 0. The van der Waals surface area contributed by atoms with Crippen molar-refractivity contribution in [2.24, 2.45) is 0 Å². The molecule has 0 saturated heterocycles. The first-order valence-electron chi connectivity index (χ1n) is 6.16. The highest BCUT2D eigenvalue weighted by Crippen LogP contribution is 2.31. The maximum Gasteiger partial charge on any atom is 0.150 e. The Morgan fingerprint density at radius 2 is 1.79 bits per heavy atom. The normalized spacial score (nSPS) is 11.4. The lowest BCUT2D eigenvalue weighted by Crippen LogP contribution is -2.09. The van der Waals surface area contributed by atoms with E-state index in [0.29, 0.717) is 5.57 Å². The van der Waals surface area contributed by atoms with E-state index in [9.17, 15) is 4.79 Å². The maximum atomic E-state index is 11.2. The summed E-state index contributed by atoms with van der Waals surface area (Å²) < 4.78 is 0. The molecule has 0 spiro atoms. The van der Waals surface area contributed by atoms with Crippen LogP contribution in [0.5, 0.6) is 0 Å². The van der Waals surface area contributed by atoms with Gasteiger partial charge in [-0.2, -0.15) is 0 Å². The second-order valence-corrected chi connectivity index (χ2v) is 4.55. The Bertz CT molecular complexity index is 653. The van der Waals surface area contributed by atoms with Crippen LogP contribution in [0.2, 0.25) is 0 Å². The lowest BCUT2D eigenvalue weighted by Gasteiger charge is -2.17. The van der Waals surface area contributed by atoms with Gasteiger partial charge in [-0.15, -0.1) is 0 Å². The minimum atomic E-state index is 0.650. The molecule has 19 heavy (non-hydrogen) atoms. The molecule has 0 saturated carbocycles. The smallest absolute Gasteiger partial charge is 0.150 e. The number of carbonyl (C=O) groups excluding carboxylic acids is 1. The van der Waals surface area contributed by atoms with Gasteiger partial charge in [0.25, 0.3) is 0 Å². The van der Waals surface area contributed by atoms with Crippen molar-refractivity contribution in [3.05, 3.63) is 60.7 Å². The molecule has 0 unspecified atom stereocenters. The third-order valence-electron chi connectivity index (χ3n) is 3.12. The second kappa shape index (κ2) is 5.53. The van der Waals surface area contributed by atoms with E-state index in [2.05, 4.69) is 17.5 Å². The molecule has 2 heteroatoms. The van der Waals surface area contributed by atoms with Crippen LogP contribution in [0.15, 0.2) is 55.1 Å². The van der Waals surface area contributed by atoms with Crippen LogP contribution < -0.4 is 4.90 Å². The van der Waals surface area contributed by atoms with Crippen LogP contribution in [0.4, 0.5) is 5.69 Å². The lowest BCUT2D eigenvalue weighted by molar-refractivity contribution is -0.103. The van der Waals surface area contributed by atoms with Crippen LogP contribution in [0.25, 0.3) is 16.3 Å². The number of benzene rings is 2. The van der Waals surface area contributed by atoms with Crippen molar-refractivity contribution in [1.82, 2.24) is 0 Å². The quantitative estimate of drug-likeness (QED) is 0.469. The van der Waals surface area contributed by atoms with Gasteiger partial charge in [0, 0.05) is 30.7 Å². The number of allylic oxidation sites excluding steroid dienone is 3. The van der Waals surface area contributed by atoms with Crippen molar-refractivity contribution in [2.75, 3.05) is 19.0 Å². The minimum Gasteiger partial charge on any atom is -0.377 e. The standard InChI is InChI=1S/C17H17NO/c1-4-7-13(12-19)14-10-11-17(18(2)3)16-9-6-5-8-15(14)16/h4-12H,1H2,2-3H3. The second-order valence-electron chi connectivity index (χ2n) is 4.55. The number of hydrogen-bond donors (Lipinski definition) is 0. The fraction of sp³-hybridized carbons (Fsp3) is 0.118.